The fraction of sp³-hybridized carbons (Fsp3) is 0.571. The van der Waals surface area contributed by atoms with Gasteiger partial charge in [-0.25, -0.2) is 0 Å². The molecule has 102 valence electrons. The van der Waals surface area contributed by atoms with Crippen LogP contribution in [0.2, 0.25) is 0 Å². The Labute approximate surface area is 119 Å². The SMILES string of the molecule is NC(=S)c1cc(CN2CCN3CCCC3C2)ccn1. The van der Waals surface area contributed by atoms with Crippen molar-refractivity contribution in [1.82, 2.24) is 14.8 Å². The molecule has 0 aliphatic carbocycles. The zero-order valence-electron chi connectivity index (χ0n) is 11.1. The molecule has 0 aromatic carbocycles. The fourth-order valence-electron chi connectivity index (χ4n) is 3.16. The Hall–Kier alpha value is -1.04. The minimum absolute atomic E-state index is 0.377. The highest BCUT2D eigenvalue weighted by molar-refractivity contribution is 7.80. The van der Waals surface area contributed by atoms with Gasteiger partial charge in [-0.15, -0.1) is 0 Å². The predicted octanol–water partition coefficient (Wildman–Crippen LogP) is 0.996. The van der Waals surface area contributed by atoms with Gasteiger partial charge < -0.3 is 5.73 Å². The standard InChI is InChI=1S/C14H20N4S/c15-14(19)13-8-11(3-4-16-13)9-17-6-7-18-5-1-2-12(18)10-17/h3-4,8,12H,1-2,5-7,9-10H2,(H2,15,19). The second kappa shape index (κ2) is 5.53. The van der Waals surface area contributed by atoms with Crippen LogP contribution >= 0.6 is 12.2 Å². The van der Waals surface area contributed by atoms with E-state index in [0.29, 0.717) is 4.99 Å². The number of hydrogen-bond acceptors (Lipinski definition) is 4. The van der Waals surface area contributed by atoms with Crippen molar-refractivity contribution >= 4 is 17.2 Å². The van der Waals surface area contributed by atoms with E-state index in [1.807, 2.05) is 6.07 Å². The Morgan fingerprint density at radius 2 is 2.32 bits per heavy atom. The lowest BCUT2D eigenvalue weighted by Gasteiger charge is -2.37. The molecule has 0 spiro atoms. The van der Waals surface area contributed by atoms with Crippen molar-refractivity contribution in [2.75, 3.05) is 26.2 Å². The minimum atomic E-state index is 0.377. The Bertz CT molecular complexity index is 476. The number of piperazine rings is 1. The van der Waals surface area contributed by atoms with Crippen LogP contribution in [-0.4, -0.2) is 52.0 Å². The molecule has 0 radical (unpaired) electrons. The van der Waals surface area contributed by atoms with Crippen molar-refractivity contribution in [2.45, 2.75) is 25.4 Å². The zero-order chi connectivity index (χ0) is 13.2. The fourth-order valence-corrected chi connectivity index (χ4v) is 3.28. The van der Waals surface area contributed by atoms with Gasteiger partial charge in [0.1, 0.15) is 4.99 Å². The van der Waals surface area contributed by atoms with Gasteiger partial charge in [0.25, 0.3) is 0 Å². The number of pyridine rings is 1. The van der Waals surface area contributed by atoms with Crippen molar-refractivity contribution in [1.29, 1.82) is 0 Å². The number of nitrogens with two attached hydrogens (primary N) is 1. The van der Waals surface area contributed by atoms with Crippen LogP contribution in [0.4, 0.5) is 0 Å². The summed E-state index contributed by atoms with van der Waals surface area (Å²) in [7, 11) is 0. The highest BCUT2D eigenvalue weighted by Gasteiger charge is 2.30. The highest BCUT2D eigenvalue weighted by Crippen LogP contribution is 2.22. The summed E-state index contributed by atoms with van der Waals surface area (Å²) in [4.78, 5) is 9.73. The number of fused-ring (bicyclic) bond motifs is 1. The largest absolute Gasteiger partial charge is 0.388 e. The molecule has 2 fully saturated rings. The van der Waals surface area contributed by atoms with Crippen LogP contribution in [0.15, 0.2) is 18.3 Å². The third-order valence-electron chi connectivity index (χ3n) is 4.15. The van der Waals surface area contributed by atoms with Crippen LogP contribution in [0.1, 0.15) is 24.1 Å². The van der Waals surface area contributed by atoms with E-state index in [4.69, 9.17) is 18.0 Å². The summed E-state index contributed by atoms with van der Waals surface area (Å²) < 4.78 is 0. The van der Waals surface area contributed by atoms with E-state index < -0.39 is 0 Å². The molecule has 3 rings (SSSR count). The van der Waals surface area contributed by atoms with Gasteiger partial charge in [-0.2, -0.15) is 0 Å². The maximum Gasteiger partial charge on any atom is 0.122 e. The van der Waals surface area contributed by atoms with E-state index in [2.05, 4.69) is 20.9 Å². The molecule has 0 amide bonds. The normalized spacial score (nSPS) is 24.3. The van der Waals surface area contributed by atoms with E-state index in [1.165, 1.54) is 38.0 Å². The summed E-state index contributed by atoms with van der Waals surface area (Å²) in [6, 6.07) is 4.84. The lowest BCUT2D eigenvalue weighted by molar-refractivity contribution is 0.0993. The Morgan fingerprint density at radius 1 is 1.42 bits per heavy atom. The zero-order valence-corrected chi connectivity index (χ0v) is 11.9. The highest BCUT2D eigenvalue weighted by atomic mass is 32.1. The lowest BCUT2D eigenvalue weighted by Crippen LogP contribution is -2.49. The average molecular weight is 276 g/mol. The predicted molar refractivity (Wildman–Crippen MR) is 80.0 cm³/mol. The summed E-state index contributed by atoms with van der Waals surface area (Å²) in [6.45, 7) is 5.81. The molecule has 3 heterocycles. The molecule has 1 aromatic heterocycles. The van der Waals surface area contributed by atoms with Crippen molar-refractivity contribution in [3.05, 3.63) is 29.6 Å². The van der Waals surface area contributed by atoms with Crippen molar-refractivity contribution in [3.8, 4) is 0 Å². The van der Waals surface area contributed by atoms with E-state index in [9.17, 15) is 0 Å². The average Bonchev–Trinajstić information content (AvgIpc) is 2.86. The van der Waals surface area contributed by atoms with Gasteiger partial charge in [0, 0.05) is 38.4 Å². The summed E-state index contributed by atoms with van der Waals surface area (Å²) in [5, 5.41) is 0. The van der Waals surface area contributed by atoms with Crippen molar-refractivity contribution in [2.24, 2.45) is 5.73 Å². The summed E-state index contributed by atoms with van der Waals surface area (Å²) >= 11 is 4.98. The van der Waals surface area contributed by atoms with E-state index in [-0.39, 0.29) is 0 Å². The first-order valence-corrected chi connectivity index (χ1v) is 7.34. The van der Waals surface area contributed by atoms with E-state index >= 15 is 0 Å². The summed E-state index contributed by atoms with van der Waals surface area (Å²) in [5.74, 6) is 0. The first-order valence-electron chi connectivity index (χ1n) is 6.93. The van der Waals surface area contributed by atoms with Crippen LogP contribution in [0.5, 0.6) is 0 Å². The van der Waals surface area contributed by atoms with E-state index in [1.54, 1.807) is 6.20 Å². The second-order valence-electron chi connectivity index (χ2n) is 5.48. The Morgan fingerprint density at radius 3 is 3.16 bits per heavy atom. The third-order valence-corrected chi connectivity index (χ3v) is 4.36. The molecular formula is C14H20N4S. The summed E-state index contributed by atoms with van der Waals surface area (Å²) in [6.07, 6.45) is 4.51. The van der Waals surface area contributed by atoms with Crippen LogP contribution in [0.3, 0.4) is 0 Å². The molecule has 19 heavy (non-hydrogen) atoms. The molecule has 1 atom stereocenters. The molecule has 2 aliphatic rings. The molecule has 2 aliphatic heterocycles. The molecular weight excluding hydrogens is 256 g/mol. The van der Waals surface area contributed by atoms with Crippen LogP contribution in [-0.2, 0) is 6.54 Å². The molecule has 4 nitrogen and oxygen atoms in total. The topological polar surface area (TPSA) is 45.4 Å². The number of nitrogens with zero attached hydrogens (tertiary/aromatic N) is 3. The maximum absolute atomic E-state index is 5.63. The molecule has 0 bridgehead atoms. The summed E-state index contributed by atoms with van der Waals surface area (Å²) in [5.41, 5.74) is 7.62. The van der Waals surface area contributed by atoms with Gasteiger partial charge in [0.15, 0.2) is 0 Å². The van der Waals surface area contributed by atoms with Gasteiger partial charge >= 0.3 is 0 Å². The van der Waals surface area contributed by atoms with Gasteiger partial charge in [-0.1, -0.05) is 12.2 Å². The maximum atomic E-state index is 5.63. The monoisotopic (exact) mass is 276 g/mol. The first kappa shape index (κ1) is 13.0. The Kier molecular flexibility index (Phi) is 3.77. The molecule has 2 saturated heterocycles. The van der Waals surface area contributed by atoms with E-state index in [0.717, 1.165) is 24.8 Å². The molecule has 2 N–H and O–H groups in total. The number of rotatable bonds is 3. The van der Waals surface area contributed by atoms with Crippen molar-refractivity contribution < 1.29 is 0 Å². The molecule has 5 heteroatoms. The third kappa shape index (κ3) is 2.94. The van der Waals surface area contributed by atoms with Gasteiger partial charge in [0.2, 0.25) is 0 Å². The molecule has 1 unspecified atom stereocenters. The second-order valence-corrected chi connectivity index (χ2v) is 5.92. The quantitative estimate of drug-likeness (QED) is 0.834. The van der Waals surface area contributed by atoms with Crippen molar-refractivity contribution in [3.63, 3.8) is 0 Å². The first-order chi connectivity index (χ1) is 9.22. The van der Waals surface area contributed by atoms with Gasteiger partial charge in [-0.05, 0) is 37.1 Å². The number of hydrogen-bond donors (Lipinski definition) is 1. The minimum Gasteiger partial charge on any atom is -0.388 e. The Balaban J connectivity index is 1.65. The van der Waals surface area contributed by atoms with Crippen LogP contribution < -0.4 is 5.73 Å². The lowest BCUT2D eigenvalue weighted by atomic mass is 10.1. The van der Waals surface area contributed by atoms with Crippen LogP contribution in [0, 0.1) is 0 Å². The number of thiocarbonyl (C=S) groups is 1. The van der Waals surface area contributed by atoms with Crippen LogP contribution in [0.25, 0.3) is 0 Å². The molecule has 1 aromatic rings. The number of aromatic nitrogens is 1. The van der Waals surface area contributed by atoms with Gasteiger partial charge in [-0.3, -0.25) is 14.8 Å². The molecule has 0 saturated carbocycles. The smallest absolute Gasteiger partial charge is 0.122 e. The van der Waals surface area contributed by atoms with Gasteiger partial charge in [0.05, 0.1) is 5.69 Å².